The first-order valence-electron chi connectivity index (χ1n) is 8.35. The Morgan fingerprint density at radius 3 is 2.81 bits per heavy atom. The molecule has 0 fully saturated rings. The summed E-state index contributed by atoms with van der Waals surface area (Å²) in [7, 11) is 0. The molecule has 0 spiro atoms. The Kier molecular flexibility index (Phi) is 4.60. The van der Waals surface area contributed by atoms with Crippen LogP contribution in [0.5, 0.6) is 5.75 Å². The number of carbonyl (C=O) groups excluding carboxylic acids is 1. The van der Waals surface area contributed by atoms with Crippen LogP contribution in [0.1, 0.15) is 39.2 Å². The molecule has 0 saturated carbocycles. The third-order valence-corrected chi connectivity index (χ3v) is 4.08. The smallest absolute Gasteiger partial charge is 0.377 e. The van der Waals surface area contributed by atoms with E-state index in [4.69, 9.17) is 18.7 Å². The van der Waals surface area contributed by atoms with Crippen molar-refractivity contribution in [3.63, 3.8) is 0 Å². The molecule has 3 aromatic rings. The van der Waals surface area contributed by atoms with Crippen molar-refractivity contribution in [2.45, 2.75) is 26.4 Å². The highest BCUT2D eigenvalue weighted by Gasteiger charge is 2.26. The van der Waals surface area contributed by atoms with Gasteiger partial charge < -0.3 is 18.7 Å². The molecule has 2 heterocycles. The second kappa shape index (κ2) is 7.20. The summed E-state index contributed by atoms with van der Waals surface area (Å²) in [6.45, 7) is 1.72. The van der Waals surface area contributed by atoms with E-state index >= 15 is 0 Å². The van der Waals surface area contributed by atoms with Crippen LogP contribution in [-0.2, 0) is 22.7 Å². The minimum absolute atomic E-state index is 0.0100. The Bertz CT molecular complexity index is 970. The van der Waals surface area contributed by atoms with E-state index < -0.39 is 18.1 Å². The van der Waals surface area contributed by atoms with Crippen LogP contribution in [-0.4, -0.2) is 11.1 Å². The van der Waals surface area contributed by atoms with E-state index in [1.165, 1.54) is 18.2 Å². The average molecular weight is 369 g/mol. The van der Waals surface area contributed by atoms with E-state index in [1.807, 2.05) is 30.3 Å². The Labute approximate surface area is 154 Å². The number of carbonyl (C=O) groups is 1. The second-order valence-electron chi connectivity index (χ2n) is 6.13. The number of hydrogen-bond acceptors (Lipinski definition) is 6. The molecule has 7 heteroatoms. The van der Waals surface area contributed by atoms with Crippen LogP contribution >= 0.6 is 0 Å². The summed E-state index contributed by atoms with van der Waals surface area (Å²) in [6, 6.07) is 13.5. The van der Waals surface area contributed by atoms with Crippen LogP contribution < -0.4 is 4.74 Å². The topological polar surface area (TPSA) is 70.8 Å². The molecule has 0 unspecified atom stereocenters. The quantitative estimate of drug-likeness (QED) is 0.645. The van der Waals surface area contributed by atoms with Crippen molar-refractivity contribution in [3.8, 4) is 5.75 Å². The van der Waals surface area contributed by atoms with Crippen molar-refractivity contribution in [2.75, 3.05) is 0 Å². The molecule has 0 saturated heterocycles. The molecular formula is C20H16FNO5. The summed E-state index contributed by atoms with van der Waals surface area (Å²) in [5, 5.41) is 3.64. The lowest BCUT2D eigenvalue weighted by Gasteiger charge is -2.28. The van der Waals surface area contributed by atoms with Gasteiger partial charge in [-0.3, -0.25) is 0 Å². The standard InChI is InChI=1S/C20H16FNO5/c1-12-7-17(27-22-12)19(23)24-10-14-8-16(21)9-15-11-25-20(26-18(14)15)13-5-3-2-4-6-13/h2-9,20H,10-11H2,1H3/t20-/m0/s1. The summed E-state index contributed by atoms with van der Waals surface area (Å²) in [5.74, 6) is -0.691. The van der Waals surface area contributed by atoms with Crippen LogP contribution in [0.15, 0.2) is 53.1 Å². The number of nitrogens with zero attached hydrogens (tertiary/aromatic N) is 1. The maximum absolute atomic E-state index is 13.9. The zero-order valence-corrected chi connectivity index (χ0v) is 14.5. The van der Waals surface area contributed by atoms with Crippen molar-refractivity contribution in [1.29, 1.82) is 0 Å². The van der Waals surface area contributed by atoms with E-state index in [1.54, 1.807) is 6.92 Å². The molecule has 0 amide bonds. The molecule has 1 atom stereocenters. The second-order valence-corrected chi connectivity index (χ2v) is 6.13. The Morgan fingerprint density at radius 1 is 1.26 bits per heavy atom. The number of fused-ring (bicyclic) bond motifs is 1. The fraction of sp³-hybridized carbons (Fsp3) is 0.200. The minimum Gasteiger partial charge on any atom is -0.460 e. The van der Waals surface area contributed by atoms with Gasteiger partial charge in [-0.2, -0.15) is 0 Å². The summed E-state index contributed by atoms with van der Waals surface area (Å²) in [5.41, 5.74) is 2.38. The fourth-order valence-corrected chi connectivity index (χ4v) is 2.83. The third-order valence-electron chi connectivity index (χ3n) is 4.08. The monoisotopic (exact) mass is 369 g/mol. The molecule has 6 nitrogen and oxygen atoms in total. The van der Waals surface area contributed by atoms with Crippen molar-refractivity contribution >= 4 is 5.97 Å². The first kappa shape index (κ1) is 17.2. The third kappa shape index (κ3) is 3.68. The van der Waals surface area contributed by atoms with Crippen LogP contribution in [0, 0.1) is 12.7 Å². The van der Waals surface area contributed by atoms with Gasteiger partial charge in [0.2, 0.25) is 12.1 Å². The highest BCUT2D eigenvalue weighted by Crippen LogP contribution is 2.36. The normalized spacial score (nSPS) is 15.7. The van der Waals surface area contributed by atoms with Crippen molar-refractivity contribution in [3.05, 3.63) is 82.5 Å². The van der Waals surface area contributed by atoms with Crippen LogP contribution in [0.3, 0.4) is 0 Å². The number of aromatic nitrogens is 1. The molecule has 0 bridgehead atoms. The van der Waals surface area contributed by atoms with Crippen molar-refractivity contribution in [2.24, 2.45) is 0 Å². The molecule has 0 N–H and O–H groups in total. The van der Waals surface area contributed by atoms with Gasteiger partial charge in [0.05, 0.1) is 12.3 Å². The maximum atomic E-state index is 13.9. The van der Waals surface area contributed by atoms with E-state index in [9.17, 15) is 9.18 Å². The molecular weight excluding hydrogens is 353 g/mol. The average Bonchev–Trinajstić information content (AvgIpc) is 3.12. The zero-order chi connectivity index (χ0) is 18.8. The number of halogens is 1. The number of esters is 1. The molecule has 27 heavy (non-hydrogen) atoms. The van der Waals surface area contributed by atoms with Crippen LogP contribution in [0.25, 0.3) is 0 Å². The molecule has 4 rings (SSSR count). The lowest BCUT2D eigenvalue weighted by atomic mass is 10.1. The predicted molar refractivity (Wildman–Crippen MR) is 91.4 cm³/mol. The van der Waals surface area contributed by atoms with Crippen LogP contribution in [0.2, 0.25) is 0 Å². The highest BCUT2D eigenvalue weighted by molar-refractivity contribution is 5.86. The van der Waals surface area contributed by atoms with E-state index in [0.29, 0.717) is 22.6 Å². The summed E-state index contributed by atoms with van der Waals surface area (Å²) >= 11 is 0. The zero-order valence-electron chi connectivity index (χ0n) is 14.5. The van der Waals surface area contributed by atoms with E-state index in [-0.39, 0.29) is 19.0 Å². The maximum Gasteiger partial charge on any atom is 0.377 e. The minimum atomic E-state index is -0.680. The number of hydrogen-bond donors (Lipinski definition) is 0. The Balaban J connectivity index is 1.55. The highest BCUT2D eigenvalue weighted by atomic mass is 19.1. The summed E-state index contributed by atoms with van der Waals surface area (Å²) < 4.78 is 35.7. The fourth-order valence-electron chi connectivity index (χ4n) is 2.83. The number of ether oxygens (including phenoxy) is 3. The predicted octanol–water partition coefficient (Wildman–Crippen LogP) is 4.09. The first-order chi connectivity index (χ1) is 13.1. The number of benzene rings is 2. The van der Waals surface area contributed by atoms with Gasteiger partial charge in [0.1, 0.15) is 18.2 Å². The van der Waals surface area contributed by atoms with Gasteiger partial charge in [-0.05, 0) is 19.1 Å². The van der Waals surface area contributed by atoms with Gasteiger partial charge in [-0.1, -0.05) is 35.5 Å². The summed E-state index contributed by atoms with van der Waals surface area (Å²) in [6.07, 6.45) is -0.615. The van der Waals surface area contributed by atoms with Gasteiger partial charge in [0, 0.05) is 22.8 Å². The van der Waals surface area contributed by atoms with Gasteiger partial charge in [-0.25, -0.2) is 9.18 Å². The van der Waals surface area contributed by atoms with Crippen LogP contribution in [0.4, 0.5) is 4.39 Å². The number of aryl methyl sites for hydroxylation is 1. The lowest BCUT2D eigenvalue weighted by Crippen LogP contribution is -2.20. The first-order valence-corrected chi connectivity index (χ1v) is 8.35. The van der Waals surface area contributed by atoms with Crippen molar-refractivity contribution in [1.82, 2.24) is 5.16 Å². The largest absolute Gasteiger partial charge is 0.460 e. The molecule has 0 aliphatic carbocycles. The van der Waals surface area contributed by atoms with E-state index in [2.05, 4.69) is 5.16 Å². The molecule has 138 valence electrons. The van der Waals surface area contributed by atoms with Gasteiger partial charge in [-0.15, -0.1) is 0 Å². The van der Waals surface area contributed by atoms with Gasteiger partial charge in [0.25, 0.3) is 0 Å². The lowest BCUT2D eigenvalue weighted by molar-refractivity contribution is -0.112. The summed E-state index contributed by atoms with van der Waals surface area (Å²) in [4.78, 5) is 12.1. The van der Waals surface area contributed by atoms with Gasteiger partial charge >= 0.3 is 5.97 Å². The molecule has 2 aromatic carbocycles. The molecule has 0 radical (unpaired) electrons. The van der Waals surface area contributed by atoms with Gasteiger partial charge in [0.15, 0.2) is 0 Å². The molecule has 1 aromatic heterocycles. The Morgan fingerprint density at radius 2 is 2.07 bits per heavy atom. The van der Waals surface area contributed by atoms with E-state index in [0.717, 1.165) is 5.56 Å². The Hall–Kier alpha value is -3.19. The SMILES string of the molecule is Cc1cc(C(=O)OCc2cc(F)cc3c2O[C@@H](c2ccccc2)OC3)on1. The number of rotatable bonds is 4. The van der Waals surface area contributed by atoms with Crippen molar-refractivity contribution < 1.29 is 27.9 Å². The molecule has 1 aliphatic heterocycles. The molecule has 1 aliphatic rings.